The van der Waals surface area contributed by atoms with Gasteiger partial charge in [-0.1, -0.05) is 147 Å². The second kappa shape index (κ2) is 14.5. The third-order valence-corrected chi connectivity index (χ3v) is 9.56. The van der Waals surface area contributed by atoms with Crippen LogP contribution in [0.1, 0.15) is 5.56 Å². The molecule has 0 aromatic heterocycles. The maximum Gasteiger partial charge on any atom is 0.0468 e. The average Bonchev–Trinajstić information content (AvgIpc) is 3.21. The molecule has 0 N–H and O–H groups in total. The van der Waals surface area contributed by atoms with Crippen LogP contribution in [0.2, 0.25) is 0 Å². The molecule has 0 saturated carbocycles. The molecule has 248 valence electrons. The highest BCUT2D eigenvalue weighted by molar-refractivity contribution is 5.93. The first-order valence-electron chi connectivity index (χ1n) is 17.6. The van der Waals surface area contributed by atoms with Gasteiger partial charge in [0.25, 0.3) is 0 Å². The Bertz CT molecular complexity index is 2450. The van der Waals surface area contributed by atoms with Gasteiger partial charge in [-0.3, -0.25) is 0 Å². The van der Waals surface area contributed by atoms with E-state index in [1.54, 1.807) is 6.08 Å². The topological polar surface area (TPSA) is 6.48 Å². The van der Waals surface area contributed by atoms with Crippen LogP contribution in [0.25, 0.3) is 38.2 Å². The summed E-state index contributed by atoms with van der Waals surface area (Å²) in [5.41, 5.74) is 11.0. The molecule has 52 heavy (non-hydrogen) atoms. The van der Waals surface area contributed by atoms with Crippen molar-refractivity contribution in [2.75, 3.05) is 9.80 Å². The van der Waals surface area contributed by atoms with Gasteiger partial charge >= 0.3 is 0 Å². The highest BCUT2D eigenvalue weighted by Crippen LogP contribution is 2.41. The Labute approximate surface area is 306 Å². The normalized spacial score (nSPS) is 11.3. The third kappa shape index (κ3) is 6.54. The van der Waals surface area contributed by atoms with Gasteiger partial charge in [-0.15, -0.1) is 0 Å². The molecule has 0 unspecified atom stereocenters. The van der Waals surface area contributed by atoms with Crippen LogP contribution < -0.4 is 9.80 Å². The highest BCUT2D eigenvalue weighted by Gasteiger charge is 2.17. The fraction of sp³-hybridized carbons (Fsp3) is 0. The number of benzene rings is 8. The summed E-state index contributed by atoms with van der Waals surface area (Å²) in [4.78, 5) is 4.66. The number of anilines is 6. The van der Waals surface area contributed by atoms with Crippen LogP contribution in [0, 0.1) is 0 Å². The Kier molecular flexibility index (Phi) is 9.03. The molecule has 0 heterocycles. The summed E-state index contributed by atoms with van der Waals surface area (Å²) in [7, 11) is 0. The molecule has 0 saturated heterocycles. The van der Waals surface area contributed by atoms with E-state index in [0.717, 1.165) is 45.3 Å². The van der Waals surface area contributed by atoms with Crippen molar-refractivity contribution < 1.29 is 0 Å². The minimum atomic E-state index is 1.03. The van der Waals surface area contributed by atoms with Crippen LogP contribution in [0.15, 0.2) is 219 Å². The van der Waals surface area contributed by atoms with Crippen molar-refractivity contribution in [3.8, 4) is 11.1 Å². The minimum absolute atomic E-state index is 1.03. The van der Waals surface area contributed by atoms with E-state index in [2.05, 4.69) is 211 Å². The maximum atomic E-state index is 4.01. The zero-order valence-corrected chi connectivity index (χ0v) is 28.9. The smallest absolute Gasteiger partial charge is 0.0468 e. The molecule has 0 spiro atoms. The number of fused-ring (bicyclic) bond motifs is 2. The molecule has 8 aromatic rings. The number of nitrogens with zero attached hydrogens (tertiary/aromatic N) is 2. The van der Waals surface area contributed by atoms with E-state index in [-0.39, 0.29) is 0 Å². The van der Waals surface area contributed by atoms with E-state index in [4.69, 9.17) is 0 Å². The largest absolute Gasteiger partial charge is 0.311 e. The van der Waals surface area contributed by atoms with Gasteiger partial charge in [0.05, 0.1) is 0 Å². The van der Waals surface area contributed by atoms with Gasteiger partial charge in [-0.25, -0.2) is 0 Å². The van der Waals surface area contributed by atoms with Crippen molar-refractivity contribution in [3.63, 3.8) is 0 Å². The van der Waals surface area contributed by atoms with Crippen LogP contribution >= 0.6 is 0 Å². The number of hydrogen-bond acceptors (Lipinski definition) is 2. The van der Waals surface area contributed by atoms with Crippen molar-refractivity contribution in [3.05, 3.63) is 225 Å². The van der Waals surface area contributed by atoms with Gasteiger partial charge in [0.2, 0.25) is 0 Å². The summed E-state index contributed by atoms with van der Waals surface area (Å²) in [5, 5.41) is 4.86. The summed E-state index contributed by atoms with van der Waals surface area (Å²) in [6.07, 6.45) is 5.65. The van der Waals surface area contributed by atoms with Crippen molar-refractivity contribution in [2.45, 2.75) is 0 Å². The quantitative estimate of drug-likeness (QED) is 0.134. The van der Waals surface area contributed by atoms with Gasteiger partial charge < -0.3 is 9.80 Å². The summed E-state index contributed by atoms with van der Waals surface area (Å²) in [6.45, 7) is 7.88. The summed E-state index contributed by atoms with van der Waals surface area (Å²) in [5.74, 6) is 0. The molecule has 0 atom stereocenters. The molecule has 0 amide bonds. The first-order valence-corrected chi connectivity index (χ1v) is 17.6. The predicted molar refractivity (Wildman–Crippen MR) is 225 cm³/mol. The molecule has 0 aliphatic rings. The lowest BCUT2D eigenvalue weighted by atomic mass is 10.0. The summed E-state index contributed by atoms with van der Waals surface area (Å²) >= 11 is 0. The molecule has 8 aromatic carbocycles. The highest BCUT2D eigenvalue weighted by atomic mass is 15.2. The molecule has 0 fully saturated rings. The van der Waals surface area contributed by atoms with Gasteiger partial charge in [0, 0.05) is 34.1 Å². The van der Waals surface area contributed by atoms with E-state index in [9.17, 15) is 0 Å². The number of rotatable bonds is 10. The van der Waals surface area contributed by atoms with Crippen LogP contribution in [0.5, 0.6) is 0 Å². The van der Waals surface area contributed by atoms with Crippen molar-refractivity contribution in [2.24, 2.45) is 0 Å². The van der Waals surface area contributed by atoms with Crippen molar-refractivity contribution >= 4 is 61.2 Å². The first-order chi connectivity index (χ1) is 25.7. The average molecular weight is 667 g/mol. The molecule has 2 heteroatoms. The molecule has 0 aliphatic carbocycles. The van der Waals surface area contributed by atoms with E-state index in [1.165, 1.54) is 32.7 Å². The Balaban J connectivity index is 1.22. The molecule has 0 aliphatic heterocycles. The second-order valence-electron chi connectivity index (χ2n) is 12.8. The van der Waals surface area contributed by atoms with Gasteiger partial charge in [0.1, 0.15) is 0 Å². The molecular formula is C50H38N2. The molecule has 2 nitrogen and oxygen atoms in total. The zero-order chi connectivity index (χ0) is 35.3. The third-order valence-electron chi connectivity index (χ3n) is 9.56. The van der Waals surface area contributed by atoms with Crippen LogP contribution in [-0.4, -0.2) is 0 Å². The fourth-order valence-electron chi connectivity index (χ4n) is 6.92. The lowest BCUT2D eigenvalue weighted by Gasteiger charge is -2.29. The lowest BCUT2D eigenvalue weighted by Crippen LogP contribution is -2.12. The van der Waals surface area contributed by atoms with Crippen LogP contribution in [0.4, 0.5) is 34.1 Å². The zero-order valence-electron chi connectivity index (χ0n) is 28.9. The van der Waals surface area contributed by atoms with Gasteiger partial charge in [-0.05, 0) is 117 Å². The Morgan fingerprint density at radius 2 is 0.750 bits per heavy atom. The number of allylic oxidation sites excluding steroid dienone is 4. The summed E-state index contributed by atoms with van der Waals surface area (Å²) in [6, 6.07) is 67.3. The van der Waals surface area contributed by atoms with Gasteiger partial charge in [0.15, 0.2) is 0 Å². The predicted octanol–water partition coefficient (Wildman–Crippen LogP) is 14.4. The van der Waals surface area contributed by atoms with E-state index < -0.39 is 0 Å². The van der Waals surface area contributed by atoms with Crippen LogP contribution in [0.3, 0.4) is 0 Å². The van der Waals surface area contributed by atoms with E-state index >= 15 is 0 Å². The fourth-order valence-corrected chi connectivity index (χ4v) is 6.92. The molecule has 0 bridgehead atoms. The van der Waals surface area contributed by atoms with E-state index in [0.29, 0.717) is 0 Å². The molecule has 0 radical (unpaired) electrons. The summed E-state index contributed by atoms with van der Waals surface area (Å²) < 4.78 is 0. The second-order valence-corrected chi connectivity index (χ2v) is 12.8. The van der Waals surface area contributed by atoms with Crippen molar-refractivity contribution in [1.82, 2.24) is 0 Å². The Morgan fingerprint density at radius 1 is 0.365 bits per heavy atom. The maximum absolute atomic E-state index is 4.01. The van der Waals surface area contributed by atoms with Crippen LogP contribution in [-0.2, 0) is 0 Å². The molecular weight excluding hydrogens is 629 g/mol. The number of hydrogen-bond donors (Lipinski definition) is 0. The Hall–Kier alpha value is -6.90. The minimum Gasteiger partial charge on any atom is -0.311 e. The SMILES string of the molecule is C=C/C=C(\C=C)c1ccc(N(c2ccc(-c3ccccc3)cc2)c2ccc(N(c3ccc4ccccc4c3)c3ccc4ccccc4c3)cc2)cc1. The monoisotopic (exact) mass is 666 g/mol. The first kappa shape index (κ1) is 32.3. The lowest BCUT2D eigenvalue weighted by molar-refractivity contribution is 1.26. The van der Waals surface area contributed by atoms with Gasteiger partial charge in [-0.2, -0.15) is 0 Å². The van der Waals surface area contributed by atoms with E-state index in [1.807, 2.05) is 12.2 Å². The standard InChI is InChI=1S/C50H38N2/c1-3-12-37(4-2)41-19-25-45(26-20-41)51(46-27-21-42(22-28-46)38-13-6-5-7-14-38)47-31-33-48(34-32-47)52(49-29-23-39-15-8-10-17-43(39)35-49)50-30-24-40-16-9-11-18-44(40)36-50/h3-36H,1-2H2/b37-12+. The molecule has 8 rings (SSSR count). The van der Waals surface area contributed by atoms with Crippen molar-refractivity contribution in [1.29, 1.82) is 0 Å². The Morgan fingerprint density at radius 3 is 1.23 bits per heavy atom.